The number of nitrogens with two attached hydrogens (primary N) is 1. The zero-order valence-electron chi connectivity index (χ0n) is 10.3. The molecule has 2 heterocycles. The minimum atomic E-state index is -2.48. The summed E-state index contributed by atoms with van der Waals surface area (Å²) in [4.78, 5) is 15.6. The summed E-state index contributed by atoms with van der Waals surface area (Å²) in [6.07, 6.45) is 0.247. The SMILES string of the molecule is Nc1nc(NCCOCC(F)F)nc(-n2cncn2)n1. The molecular formula is C9H12F2N8O. The highest BCUT2D eigenvalue weighted by Crippen LogP contribution is 2.05. The van der Waals surface area contributed by atoms with Crippen LogP contribution < -0.4 is 11.1 Å². The van der Waals surface area contributed by atoms with E-state index in [2.05, 4.69) is 30.4 Å². The molecule has 2 aromatic rings. The number of nitrogens with one attached hydrogen (secondary N) is 1. The molecule has 0 radical (unpaired) electrons. The van der Waals surface area contributed by atoms with Gasteiger partial charge in [-0.2, -0.15) is 24.7 Å². The minimum Gasteiger partial charge on any atom is -0.374 e. The lowest BCUT2D eigenvalue weighted by Gasteiger charge is -2.07. The Morgan fingerprint density at radius 3 is 2.90 bits per heavy atom. The zero-order valence-corrected chi connectivity index (χ0v) is 10.3. The molecule has 9 nitrogen and oxygen atoms in total. The Hall–Kier alpha value is -2.43. The molecule has 0 unspecified atom stereocenters. The van der Waals surface area contributed by atoms with Gasteiger partial charge in [-0.3, -0.25) is 0 Å². The van der Waals surface area contributed by atoms with E-state index in [0.717, 1.165) is 0 Å². The van der Waals surface area contributed by atoms with E-state index in [-0.39, 0.29) is 31.0 Å². The van der Waals surface area contributed by atoms with Gasteiger partial charge >= 0.3 is 0 Å². The van der Waals surface area contributed by atoms with Crippen LogP contribution >= 0.6 is 0 Å². The molecule has 0 fully saturated rings. The predicted molar refractivity (Wildman–Crippen MR) is 64.5 cm³/mol. The van der Waals surface area contributed by atoms with E-state index < -0.39 is 13.0 Å². The maximum atomic E-state index is 11.8. The van der Waals surface area contributed by atoms with E-state index in [4.69, 9.17) is 10.5 Å². The molecule has 0 saturated heterocycles. The van der Waals surface area contributed by atoms with Gasteiger partial charge in [-0.1, -0.05) is 0 Å². The lowest BCUT2D eigenvalue weighted by Crippen LogP contribution is -2.16. The van der Waals surface area contributed by atoms with Crippen molar-refractivity contribution in [2.75, 3.05) is 30.8 Å². The maximum Gasteiger partial charge on any atom is 0.261 e. The lowest BCUT2D eigenvalue weighted by atomic mass is 10.6. The third-order valence-corrected chi connectivity index (χ3v) is 2.04. The van der Waals surface area contributed by atoms with Crippen LogP contribution in [0.1, 0.15) is 0 Å². The Morgan fingerprint density at radius 1 is 1.35 bits per heavy atom. The van der Waals surface area contributed by atoms with Gasteiger partial charge < -0.3 is 15.8 Å². The summed E-state index contributed by atoms with van der Waals surface area (Å²) in [5.74, 6) is 0.399. The van der Waals surface area contributed by atoms with Crippen LogP contribution in [0.25, 0.3) is 5.95 Å². The fraction of sp³-hybridized carbons (Fsp3) is 0.444. The van der Waals surface area contributed by atoms with Crippen molar-refractivity contribution in [2.24, 2.45) is 0 Å². The van der Waals surface area contributed by atoms with Crippen LogP contribution in [0.3, 0.4) is 0 Å². The van der Waals surface area contributed by atoms with Crippen LogP contribution in [0.15, 0.2) is 12.7 Å². The first-order valence-corrected chi connectivity index (χ1v) is 5.61. The van der Waals surface area contributed by atoms with Crippen molar-refractivity contribution in [3.05, 3.63) is 12.7 Å². The van der Waals surface area contributed by atoms with Gasteiger partial charge in [-0.15, -0.1) is 0 Å². The van der Waals surface area contributed by atoms with Gasteiger partial charge in [0.25, 0.3) is 12.4 Å². The fourth-order valence-electron chi connectivity index (χ4n) is 1.28. The largest absolute Gasteiger partial charge is 0.374 e. The van der Waals surface area contributed by atoms with Crippen LogP contribution in [0.4, 0.5) is 20.7 Å². The average Bonchev–Trinajstić information content (AvgIpc) is 2.91. The smallest absolute Gasteiger partial charge is 0.261 e. The monoisotopic (exact) mass is 286 g/mol. The number of hydrogen-bond acceptors (Lipinski definition) is 8. The second-order valence-corrected chi connectivity index (χ2v) is 3.55. The summed E-state index contributed by atoms with van der Waals surface area (Å²) in [5.41, 5.74) is 5.54. The topological polar surface area (TPSA) is 117 Å². The van der Waals surface area contributed by atoms with Crippen molar-refractivity contribution >= 4 is 11.9 Å². The fourth-order valence-corrected chi connectivity index (χ4v) is 1.28. The molecule has 3 N–H and O–H groups in total. The van der Waals surface area contributed by atoms with Gasteiger partial charge in [0.1, 0.15) is 19.3 Å². The van der Waals surface area contributed by atoms with Crippen molar-refractivity contribution in [3.8, 4) is 5.95 Å². The average molecular weight is 286 g/mol. The highest BCUT2D eigenvalue weighted by molar-refractivity contribution is 5.34. The van der Waals surface area contributed by atoms with Crippen LogP contribution in [-0.2, 0) is 4.74 Å². The van der Waals surface area contributed by atoms with Gasteiger partial charge in [-0.05, 0) is 0 Å². The van der Waals surface area contributed by atoms with Crippen LogP contribution in [0, 0.1) is 0 Å². The highest BCUT2D eigenvalue weighted by atomic mass is 19.3. The van der Waals surface area contributed by atoms with Crippen LogP contribution in [0.5, 0.6) is 0 Å². The van der Waals surface area contributed by atoms with Crippen molar-refractivity contribution in [2.45, 2.75) is 6.43 Å². The molecule has 0 saturated carbocycles. The number of nitrogens with zero attached hydrogens (tertiary/aromatic N) is 6. The standard InChI is InChI=1S/C9H12F2N8O/c10-6(11)3-20-2-1-14-8-16-7(12)17-9(18-8)19-5-13-4-15-19/h4-6H,1-3H2,(H3,12,14,16,17,18). The summed E-state index contributed by atoms with van der Waals surface area (Å²) in [6.45, 7) is -0.257. The molecule has 0 aliphatic heterocycles. The van der Waals surface area contributed by atoms with Crippen molar-refractivity contribution in [1.29, 1.82) is 0 Å². The van der Waals surface area contributed by atoms with Crippen molar-refractivity contribution in [3.63, 3.8) is 0 Å². The Kier molecular flexibility index (Phi) is 4.65. The number of hydrogen-bond donors (Lipinski definition) is 2. The van der Waals surface area contributed by atoms with E-state index in [1.807, 2.05) is 0 Å². The molecule has 0 amide bonds. The molecule has 20 heavy (non-hydrogen) atoms. The Labute approximate surface area is 112 Å². The van der Waals surface area contributed by atoms with E-state index in [9.17, 15) is 8.78 Å². The van der Waals surface area contributed by atoms with Gasteiger partial charge in [-0.25, -0.2) is 13.8 Å². The first-order valence-electron chi connectivity index (χ1n) is 5.61. The maximum absolute atomic E-state index is 11.8. The lowest BCUT2D eigenvalue weighted by molar-refractivity contribution is 0.0214. The first-order chi connectivity index (χ1) is 9.65. The molecule has 0 spiro atoms. The van der Waals surface area contributed by atoms with E-state index in [0.29, 0.717) is 0 Å². The second-order valence-electron chi connectivity index (χ2n) is 3.55. The molecule has 0 bridgehead atoms. The van der Waals surface area contributed by atoms with Crippen molar-refractivity contribution in [1.82, 2.24) is 29.7 Å². The van der Waals surface area contributed by atoms with Crippen LogP contribution in [0.2, 0.25) is 0 Å². The van der Waals surface area contributed by atoms with Gasteiger partial charge in [0.2, 0.25) is 11.9 Å². The zero-order chi connectivity index (χ0) is 14.4. The molecule has 2 aromatic heterocycles. The number of ether oxygens (including phenoxy) is 1. The van der Waals surface area contributed by atoms with Crippen molar-refractivity contribution < 1.29 is 13.5 Å². The number of rotatable bonds is 7. The quantitative estimate of drug-likeness (QED) is 0.668. The molecule has 0 atom stereocenters. The Bertz CT molecular complexity index is 535. The van der Waals surface area contributed by atoms with Gasteiger partial charge in [0.15, 0.2) is 0 Å². The van der Waals surface area contributed by atoms with E-state index in [1.165, 1.54) is 17.3 Å². The molecule has 0 aliphatic carbocycles. The van der Waals surface area contributed by atoms with Gasteiger partial charge in [0.05, 0.1) is 6.61 Å². The number of aromatic nitrogens is 6. The summed E-state index contributed by atoms with van der Waals surface area (Å²) in [5, 5.41) is 6.65. The highest BCUT2D eigenvalue weighted by Gasteiger charge is 2.07. The summed E-state index contributed by atoms with van der Waals surface area (Å²) in [7, 11) is 0. The Morgan fingerprint density at radius 2 is 2.20 bits per heavy atom. The third-order valence-electron chi connectivity index (χ3n) is 2.04. The number of nitrogen functional groups attached to an aromatic ring is 1. The minimum absolute atomic E-state index is 0.00139. The van der Waals surface area contributed by atoms with Gasteiger partial charge in [0, 0.05) is 6.54 Å². The molecule has 0 aromatic carbocycles. The summed E-state index contributed by atoms with van der Waals surface area (Å²) in [6, 6.07) is 0. The second kappa shape index (κ2) is 6.65. The molecule has 0 aliphatic rings. The predicted octanol–water partition coefficient (Wildman–Crippen LogP) is -0.272. The summed E-state index contributed by atoms with van der Waals surface area (Å²) >= 11 is 0. The van der Waals surface area contributed by atoms with E-state index >= 15 is 0 Å². The number of anilines is 2. The molecule has 108 valence electrons. The Balaban J connectivity index is 1.92. The number of halogens is 2. The normalized spacial score (nSPS) is 10.9. The van der Waals surface area contributed by atoms with Crippen LogP contribution in [-0.4, -0.2) is 55.9 Å². The third kappa shape index (κ3) is 4.05. The first kappa shape index (κ1) is 14.0. The molecular weight excluding hydrogens is 274 g/mol. The van der Waals surface area contributed by atoms with E-state index in [1.54, 1.807) is 0 Å². The molecule has 11 heteroatoms. The summed E-state index contributed by atoms with van der Waals surface area (Å²) < 4.78 is 29.7. The molecule has 2 rings (SSSR count). The number of alkyl halides is 2.